The van der Waals surface area contributed by atoms with Crippen molar-refractivity contribution in [2.45, 2.75) is 39.3 Å². The molecule has 0 aliphatic heterocycles. The zero-order chi connectivity index (χ0) is 12.3. The summed E-state index contributed by atoms with van der Waals surface area (Å²) in [7, 11) is 0. The number of hydrogen-bond donors (Lipinski definition) is 2. The summed E-state index contributed by atoms with van der Waals surface area (Å²) in [6.45, 7) is 6.02. The summed E-state index contributed by atoms with van der Waals surface area (Å²) in [6, 6.07) is 5.24. The molecule has 0 amide bonds. The highest BCUT2D eigenvalue weighted by Crippen LogP contribution is 2.25. The van der Waals surface area contributed by atoms with Crippen LogP contribution in [-0.4, -0.2) is 11.2 Å². The number of aryl methyl sites for hydroxylation is 1. The number of benzene rings is 1. The lowest BCUT2D eigenvalue weighted by atomic mass is 9.90. The van der Waals surface area contributed by atoms with Crippen LogP contribution in [0.2, 0.25) is 5.02 Å². The van der Waals surface area contributed by atoms with E-state index in [2.05, 4.69) is 6.92 Å². The average molecular weight is 242 g/mol. The van der Waals surface area contributed by atoms with Crippen molar-refractivity contribution in [3.8, 4) is 0 Å². The standard InChI is InChI=1S/C13H20ClNO/c1-4-8(2)13(16)12(15)11-6-5-10(14)7-9(11)3/h5-8,12-13,16H,4,15H2,1-3H3/t8?,12-,13+/m0/s1. The third-order valence-electron chi connectivity index (χ3n) is 3.19. The first-order valence-corrected chi connectivity index (χ1v) is 6.04. The molecule has 0 fully saturated rings. The average Bonchev–Trinajstić information content (AvgIpc) is 2.26. The predicted octanol–water partition coefficient (Wildman–Crippen LogP) is 3.06. The van der Waals surface area contributed by atoms with Crippen LogP contribution in [-0.2, 0) is 0 Å². The number of rotatable bonds is 4. The normalized spacial score (nSPS) is 16.9. The number of aliphatic hydroxyl groups excluding tert-OH is 1. The quantitative estimate of drug-likeness (QED) is 0.851. The highest BCUT2D eigenvalue weighted by Gasteiger charge is 2.22. The van der Waals surface area contributed by atoms with Gasteiger partial charge in [0.25, 0.3) is 0 Å². The van der Waals surface area contributed by atoms with Crippen LogP contribution in [0.25, 0.3) is 0 Å². The van der Waals surface area contributed by atoms with E-state index in [9.17, 15) is 5.11 Å². The van der Waals surface area contributed by atoms with E-state index in [0.717, 1.165) is 17.5 Å². The number of halogens is 1. The molecule has 0 bridgehead atoms. The van der Waals surface area contributed by atoms with Crippen LogP contribution < -0.4 is 5.73 Å². The highest BCUT2D eigenvalue weighted by atomic mass is 35.5. The van der Waals surface area contributed by atoms with Gasteiger partial charge in [-0.15, -0.1) is 0 Å². The molecule has 0 radical (unpaired) electrons. The molecule has 0 spiro atoms. The summed E-state index contributed by atoms with van der Waals surface area (Å²) in [5.74, 6) is 0.199. The first-order valence-electron chi connectivity index (χ1n) is 5.67. The molecule has 1 rings (SSSR count). The summed E-state index contributed by atoms with van der Waals surface area (Å²) >= 11 is 5.89. The van der Waals surface area contributed by atoms with Crippen LogP contribution in [0.15, 0.2) is 18.2 Å². The molecule has 3 N–H and O–H groups in total. The molecule has 1 aromatic rings. The third-order valence-corrected chi connectivity index (χ3v) is 3.42. The molecular formula is C13H20ClNO. The Kier molecular flexibility index (Phi) is 4.78. The molecule has 1 unspecified atom stereocenters. The van der Waals surface area contributed by atoms with Crippen LogP contribution in [0.1, 0.15) is 37.4 Å². The van der Waals surface area contributed by atoms with Crippen molar-refractivity contribution in [1.82, 2.24) is 0 Å². The van der Waals surface area contributed by atoms with Gasteiger partial charge < -0.3 is 10.8 Å². The SMILES string of the molecule is CCC(C)[C@@H](O)[C@@H](N)c1ccc(Cl)cc1C. The van der Waals surface area contributed by atoms with E-state index in [1.807, 2.05) is 32.0 Å². The van der Waals surface area contributed by atoms with E-state index in [1.54, 1.807) is 0 Å². The maximum atomic E-state index is 10.1. The van der Waals surface area contributed by atoms with Crippen molar-refractivity contribution < 1.29 is 5.11 Å². The maximum Gasteiger partial charge on any atom is 0.0758 e. The van der Waals surface area contributed by atoms with Gasteiger partial charge in [0.1, 0.15) is 0 Å². The third kappa shape index (κ3) is 2.97. The minimum atomic E-state index is -0.509. The van der Waals surface area contributed by atoms with Gasteiger partial charge in [-0.05, 0) is 36.1 Å². The summed E-state index contributed by atoms with van der Waals surface area (Å²) in [5, 5.41) is 10.8. The lowest BCUT2D eigenvalue weighted by molar-refractivity contribution is 0.0878. The largest absolute Gasteiger partial charge is 0.391 e. The smallest absolute Gasteiger partial charge is 0.0758 e. The zero-order valence-electron chi connectivity index (χ0n) is 10.1. The molecule has 2 nitrogen and oxygen atoms in total. The second kappa shape index (κ2) is 5.67. The van der Waals surface area contributed by atoms with E-state index in [1.165, 1.54) is 0 Å². The second-order valence-corrected chi connectivity index (χ2v) is 4.84. The van der Waals surface area contributed by atoms with Crippen LogP contribution >= 0.6 is 11.6 Å². The minimum absolute atomic E-state index is 0.199. The van der Waals surface area contributed by atoms with Crippen molar-refractivity contribution in [3.05, 3.63) is 34.3 Å². The second-order valence-electron chi connectivity index (χ2n) is 4.40. The Morgan fingerprint density at radius 3 is 2.56 bits per heavy atom. The lowest BCUT2D eigenvalue weighted by Gasteiger charge is -2.25. The van der Waals surface area contributed by atoms with Gasteiger partial charge in [0.05, 0.1) is 12.1 Å². The molecule has 0 aromatic heterocycles. The maximum absolute atomic E-state index is 10.1. The Bertz CT molecular complexity index is 354. The summed E-state index contributed by atoms with van der Waals surface area (Å²) in [6.07, 6.45) is 0.409. The first-order chi connectivity index (χ1) is 7.47. The van der Waals surface area contributed by atoms with E-state index >= 15 is 0 Å². The molecule has 1 aromatic carbocycles. The topological polar surface area (TPSA) is 46.2 Å². The molecule has 3 atom stereocenters. The summed E-state index contributed by atoms with van der Waals surface area (Å²) < 4.78 is 0. The van der Waals surface area contributed by atoms with Gasteiger partial charge in [0.15, 0.2) is 0 Å². The molecular weight excluding hydrogens is 222 g/mol. The molecule has 0 aliphatic rings. The van der Waals surface area contributed by atoms with Crippen molar-refractivity contribution in [3.63, 3.8) is 0 Å². The van der Waals surface area contributed by atoms with Crippen LogP contribution in [0, 0.1) is 12.8 Å². The predicted molar refractivity (Wildman–Crippen MR) is 68.6 cm³/mol. The molecule has 3 heteroatoms. The highest BCUT2D eigenvalue weighted by molar-refractivity contribution is 6.30. The van der Waals surface area contributed by atoms with Gasteiger partial charge in [-0.3, -0.25) is 0 Å². The number of hydrogen-bond acceptors (Lipinski definition) is 2. The van der Waals surface area contributed by atoms with Gasteiger partial charge in [-0.2, -0.15) is 0 Å². The summed E-state index contributed by atoms with van der Waals surface area (Å²) in [5.41, 5.74) is 8.07. The van der Waals surface area contributed by atoms with Crippen molar-refractivity contribution in [2.24, 2.45) is 11.7 Å². The Hall–Kier alpha value is -0.570. The Morgan fingerprint density at radius 2 is 2.06 bits per heavy atom. The monoisotopic (exact) mass is 241 g/mol. The van der Waals surface area contributed by atoms with Gasteiger partial charge in [-0.25, -0.2) is 0 Å². The van der Waals surface area contributed by atoms with Crippen LogP contribution in [0.5, 0.6) is 0 Å². The van der Waals surface area contributed by atoms with Gasteiger partial charge in [-0.1, -0.05) is 37.9 Å². The van der Waals surface area contributed by atoms with E-state index < -0.39 is 6.10 Å². The first kappa shape index (κ1) is 13.5. The molecule has 0 saturated carbocycles. The minimum Gasteiger partial charge on any atom is -0.391 e. The lowest BCUT2D eigenvalue weighted by Crippen LogP contribution is -2.32. The zero-order valence-corrected chi connectivity index (χ0v) is 10.8. The Balaban J connectivity index is 2.91. The molecule has 0 aliphatic carbocycles. The number of nitrogens with two attached hydrogens (primary N) is 1. The van der Waals surface area contributed by atoms with Gasteiger partial charge >= 0.3 is 0 Å². The Labute approximate surface area is 102 Å². The van der Waals surface area contributed by atoms with Crippen molar-refractivity contribution in [2.75, 3.05) is 0 Å². The number of aliphatic hydroxyl groups is 1. The molecule has 16 heavy (non-hydrogen) atoms. The van der Waals surface area contributed by atoms with Crippen LogP contribution in [0.3, 0.4) is 0 Å². The fourth-order valence-electron chi connectivity index (χ4n) is 1.79. The fraction of sp³-hybridized carbons (Fsp3) is 0.538. The van der Waals surface area contributed by atoms with Crippen LogP contribution in [0.4, 0.5) is 0 Å². The van der Waals surface area contributed by atoms with Crippen molar-refractivity contribution >= 4 is 11.6 Å². The van der Waals surface area contributed by atoms with Crippen molar-refractivity contribution in [1.29, 1.82) is 0 Å². The molecule has 90 valence electrons. The van der Waals surface area contributed by atoms with E-state index in [-0.39, 0.29) is 12.0 Å². The van der Waals surface area contributed by atoms with Gasteiger partial charge in [0.2, 0.25) is 0 Å². The van der Waals surface area contributed by atoms with E-state index in [4.69, 9.17) is 17.3 Å². The Morgan fingerprint density at radius 1 is 1.44 bits per heavy atom. The molecule has 0 heterocycles. The summed E-state index contributed by atoms with van der Waals surface area (Å²) in [4.78, 5) is 0. The van der Waals surface area contributed by atoms with Gasteiger partial charge in [0, 0.05) is 5.02 Å². The fourth-order valence-corrected chi connectivity index (χ4v) is 2.02. The van der Waals surface area contributed by atoms with E-state index in [0.29, 0.717) is 5.02 Å². The molecule has 0 saturated heterocycles.